The lowest BCUT2D eigenvalue weighted by molar-refractivity contribution is -0.141. The van der Waals surface area contributed by atoms with Crippen LogP contribution in [-0.4, -0.2) is 41.1 Å². The van der Waals surface area contributed by atoms with Crippen molar-refractivity contribution in [2.75, 3.05) is 13.1 Å². The predicted octanol–water partition coefficient (Wildman–Crippen LogP) is 3.47. The fourth-order valence-electron chi connectivity index (χ4n) is 3.48. The summed E-state index contributed by atoms with van der Waals surface area (Å²) in [6.07, 6.45) is 1.59. The monoisotopic (exact) mass is 371 g/mol. The van der Waals surface area contributed by atoms with Crippen molar-refractivity contribution < 1.29 is 19.4 Å². The Kier molecular flexibility index (Phi) is 4.67. The van der Waals surface area contributed by atoms with E-state index in [1.807, 2.05) is 0 Å². The molecular formula is C17H19Cl2NO4. The highest BCUT2D eigenvalue weighted by Crippen LogP contribution is 2.59. The summed E-state index contributed by atoms with van der Waals surface area (Å²) >= 11 is 11.8. The number of amides is 1. The van der Waals surface area contributed by atoms with Crippen LogP contribution in [-0.2, 0) is 9.59 Å². The van der Waals surface area contributed by atoms with Crippen LogP contribution in [0.4, 0.5) is 0 Å². The molecule has 3 rings (SSSR count). The van der Waals surface area contributed by atoms with Crippen LogP contribution in [0.15, 0.2) is 18.2 Å². The maximum absolute atomic E-state index is 12.5. The average Bonchev–Trinajstić information content (AvgIpc) is 3.25. The second-order valence-corrected chi connectivity index (χ2v) is 7.43. The number of benzene rings is 1. The van der Waals surface area contributed by atoms with Gasteiger partial charge in [0, 0.05) is 19.2 Å². The molecule has 1 amide bonds. The van der Waals surface area contributed by atoms with Gasteiger partial charge in [0.1, 0.15) is 5.75 Å². The van der Waals surface area contributed by atoms with Gasteiger partial charge in [-0.3, -0.25) is 9.59 Å². The Morgan fingerprint density at radius 2 is 1.96 bits per heavy atom. The Balaban J connectivity index is 1.55. The molecule has 2 aliphatic rings. The number of carboxylic acid groups (broad SMARTS) is 1. The molecule has 2 fully saturated rings. The van der Waals surface area contributed by atoms with Crippen LogP contribution in [0.5, 0.6) is 5.75 Å². The Labute approximate surface area is 150 Å². The molecule has 0 aromatic heterocycles. The lowest BCUT2D eigenvalue weighted by atomic mass is 9.90. The van der Waals surface area contributed by atoms with E-state index in [1.165, 1.54) is 0 Å². The summed E-state index contributed by atoms with van der Waals surface area (Å²) in [5.74, 6) is -0.555. The van der Waals surface area contributed by atoms with Gasteiger partial charge in [-0.05, 0) is 43.7 Å². The van der Waals surface area contributed by atoms with Crippen LogP contribution in [0.3, 0.4) is 0 Å². The Bertz CT molecular complexity index is 671. The van der Waals surface area contributed by atoms with Gasteiger partial charge in [-0.2, -0.15) is 0 Å². The molecule has 1 saturated carbocycles. The lowest BCUT2D eigenvalue weighted by Crippen LogP contribution is -2.45. The third-order valence-corrected chi connectivity index (χ3v) is 5.85. The summed E-state index contributed by atoms with van der Waals surface area (Å²) in [6.45, 7) is 2.86. The van der Waals surface area contributed by atoms with Crippen LogP contribution < -0.4 is 4.74 Å². The van der Waals surface area contributed by atoms with Gasteiger partial charge >= 0.3 is 5.97 Å². The molecule has 1 saturated heterocycles. The number of aliphatic carboxylic acids is 1. The average molecular weight is 372 g/mol. The van der Waals surface area contributed by atoms with Crippen molar-refractivity contribution in [3.05, 3.63) is 28.2 Å². The molecule has 1 aliphatic carbocycles. The molecule has 0 radical (unpaired) electrons. The Morgan fingerprint density at radius 1 is 1.29 bits per heavy atom. The standard InChI is InChI=1S/C17H19Cl2NO4/c1-10(24-11-2-3-13(18)14(19)8-11)15(21)20-6-4-17(5-7-20)9-12(17)16(22)23/h2-3,8,10,12H,4-7,9H2,1H3,(H,22,23). The van der Waals surface area contributed by atoms with Crippen molar-refractivity contribution in [3.8, 4) is 5.75 Å². The van der Waals surface area contributed by atoms with E-state index < -0.39 is 12.1 Å². The zero-order valence-electron chi connectivity index (χ0n) is 13.3. The molecule has 2 atom stereocenters. The second kappa shape index (κ2) is 6.45. The fraction of sp³-hybridized carbons (Fsp3) is 0.529. The minimum atomic E-state index is -0.717. The zero-order chi connectivity index (χ0) is 17.5. The SMILES string of the molecule is CC(Oc1ccc(Cl)c(Cl)c1)C(=O)N1CCC2(CC1)CC2C(=O)O. The van der Waals surface area contributed by atoms with Crippen LogP contribution in [0.2, 0.25) is 10.0 Å². The topological polar surface area (TPSA) is 66.8 Å². The number of hydrogen-bond donors (Lipinski definition) is 1. The second-order valence-electron chi connectivity index (χ2n) is 6.62. The van der Waals surface area contributed by atoms with Gasteiger partial charge in [0.05, 0.1) is 16.0 Å². The predicted molar refractivity (Wildman–Crippen MR) is 90.5 cm³/mol. The molecule has 1 aliphatic heterocycles. The number of ether oxygens (including phenoxy) is 1. The number of hydrogen-bond acceptors (Lipinski definition) is 3. The summed E-state index contributed by atoms with van der Waals surface area (Å²) in [5.41, 5.74) is -0.0869. The highest BCUT2D eigenvalue weighted by Gasteiger charge is 2.59. The van der Waals surface area contributed by atoms with E-state index >= 15 is 0 Å². The number of carbonyl (C=O) groups excluding carboxylic acids is 1. The normalized spacial score (nSPS) is 23.0. The first-order chi connectivity index (χ1) is 11.3. The van der Waals surface area contributed by atoms with Gasteiger partial charge in [-0.25, -0.2) is 0 Å². The van der Waals surface area contributed by atoms with Crippen molar-refractivity contribution in [1.82, 2.24) is 4.90 Å². The highest BCUT2D eigenvalue weighted by molar-refractivity contribution is 6.42. The first kappa shape index (κ1) is 17.4. The van der Waals surface area contributed by atoms with Crippen molar-refractivity contribution in [3.63, 3.8) is 0 Å². The van der Waals surface area contributed by atoms with Crippen molar-refractivity contribution in [1.29, 1.82) is 0 Å². The molecule has 1 aromatic rings. The molecule has 1 N–H and O–H groups in total. The first-order valence-corrected chi connectivity index (χ1v) is 8.71. The van der Waals surface area contributed by atoms with Crippen LogP contribution in [0, 0.1) is 11.3 Å². The molecule has 24 heavy (non-hydrogen) atoms. The van der Waals surface area contributed by atoms with Crippen LogP contribution >= 0.6 is 23.2 Å². The molecule has 0 bridgehead atoms. The Hall–Kier alpha value is -1.46. The first-order valence-electron chi connectivity index (χ1n) is 7.96. The molecule has 2 unspecified atom stereocenters. The summed E-state index contributed by atoms with van der Waals surface area (Å²) in [4.78, 5) is 25.4. The summed E-state index contributed by atoms with van der Waals surface area (Å²) in [6, 6.07) is 4.88. The zero-order valence-corrected chi connectivity index (χ0v) is 14.8. The smallest absolute Gasteiger partial charge is 0.307 e. The van der Waals surface area contributed by atoms with E-state index in [1.54, 1.807) is 30.0 Å². The molecular weight excluding hydrogens is 353 g/mol. The largest absolute Gasteiger partial charge is 0.481 e. The van der Waals surface area contributed by atoms with E-state index in [0.29, 0.717) is 28.9 Å². The number of likely N-dealkylation sites (tertiary alicyclic amines) is 1. The van der Waals surface area contributed by atoms with E-state index in [2.05, 4.69) is 0 Å². The number of piperidine rings is 1. The van der Waals surface area contributed by atoms with Crippen molar-refractivity contribution in [2.45, 2.75) is 32.3 Å². The number of rotatable bonds is 4. The highest BCUT2D eigenvalue weighted by atomic mass is 35.5. The van der Waals surface area contributed by atoms with Gasteiger partial charge in [-0.15, -0.1) is 0 Å². The maximum atomic E-state index is 12.5. The third-order valence-electron chi connectivity index (χ3n) is 5.11. The summed E-state index contributed by atoms with van der Waals surface area (Å²) in [7, 11) is 0. The number of carboxylic acids is 1. The fourth-order valence-corrected chi connectivity index (χ4v) is 3.77. The Morgan fingerprint density at radius 3 is 2.50 bits per heavy atom. The third kappa shape index (κ3) is 3.33. The minimum absolute atomic E-state index is 0.0869. The summed E-state index contributed by atoms with van der Waals surface area (Å²) in [5, 5.41) is 9.93. The van der Waals surface area contributed by atoms with Crippen molar-refractivity contribution in [2.24, 2.45) is 11.3 Å². The molecule has 1 spiro atoms. The van der Waals surface area contributed by atoms with Gasteiger partial charge in [0.25, 0.3) is 5.91 Å². The van der Waals surface area contributed by atoms with E-state index in [0.717, 1.165) is 19.3 Å². The molecule has 1 aromatic carbocycles. The van der Waals surface area contributed by atoms with Gasteiger partial charge in [0.2, 0.25) is 0 Å². The lowest BCUT2D eigenvalue weighted by Gasteiger charge is -2.34. The minimum Gasteiger partial charge on any atom is -0.481 e. The molecule has 7 heteroatoms. The molecule has 130 valence electrons. The van der Waals surface area contributed by atoms with Crippen LogP contribution in [0.1, 0.15) is 26.2 Å². The maximum Gasteiger partial charge on any atom is 0.307 e. The number of halogens is 2. The number of nitrogens with zero attached hydrogens (tertiary/aromatic N) is 1. The van der Waals surface area contributed by atoms with Gasteiger partial charge < -0.3 is 14.7 Å². The molecule has 5 nitrogen and oxygen atoms in total. The van der Waals surface area contributed by atoms with E-state index in [-0.39, 0.29) is 17.2 Å². The van der Waals surface area contributed by atoms with E-state index in [4.69, 9.17) is 33.0 Å². The quantitative estimate of drug-likeness (QED) is 0.879. The number of carbonyl (C=O) groups is 2. The van der Waals surface area contributed by atoms with Crippen molar-refractivity contribution >= 4 is 35.1 Å². The van der Waals surface area contributed by atoms with Gasteiger partial charge in [0.15, 0.2) is 6.10 Å². The van der Waals surface area contributed by atoms with E-state index in [9.17, 15) is 9.59 Å². The van der Waals surface area contributed by atoms with Gasteiger partial charge in [-0.1, -0.05) is 23.2 Å². The molecule has 1 heterocycles. The summed E-state index contributed by atoms with van der Waals surface area (Å²) < 4.78 is 5.66. The van der Waals surface area contributed by atoms with Crippen LogP contribution in [0.25, 0.3) is 0 Å².